The highest BCUT2D eigenvalue weighted by Gasteiger charge is 2.50. The van der Waals surface area contributed by atoms with Crippen LogP contribution in [0, 0.1) is 11.6 Å². The van der Waals surface area contributed by atoms with Crippen LogP contribution < -0.4 is 0 Å². The molecule has 1 fully saturated rings. The van der Waals surface area contributed by atoms with E-state index in [9.17, 15) is 13.6 Å². The van der Waals surface area contributed by atoms with Gasteiger partial charge in [0, 0.05) is 18.9 Å². The SMILES string of the molecule is CC1=NC(c2ccc(F)cc2)(c2cccc(F)c2)C(=O)N1CCCN1CCC(c2ccncc2)CC1. The normalized spacial score (nSPS) is 21.1. The van der Waals surface area contributed by atoms with E-state index in [1.165, 1.54) is 29.8 Å². The zero-order valence-corrected chi connectivity index (χ0v) is 20.4. The molecular formula is C29H30F2N4O. The predicted molar refractivity (Wildman–Crippen MR) is 136 cm³/mol. The number of hydrogen-bond acceptors (Lipinski definition) is 4. The molecule has 2 aliphatic heterocycles. The van der Waals surface area contributed by atoms with Gasteiger partial charge >= 0.3 is 0 Å². The van der Waals surface area contributed by atoms with E-state index in [0.29, 0.717) is 29.4 Å². The van der Waals surface area contributed by atoms with Crippen molar-refractivity contribution in [3.8, 4) is 0 Å². The highest BCUT2D eigenvalue weighted by Crippen LogP contribution is 2.40. The van der Waals surface area contributed by atoms with Crippen LogP contribution in [0.5, 0.6) is 0 Å². The summed E-state index contributed by atoms with van der Waals surface area (Å²) in [6, 6.07) is 15.9. The van der Waals surface area contributed by atoms with Gasteiger partial charge in [0.15, 0.2) is 5.54 Å². The number of halogens is 2. The Balaban J connectivity index is 1.27. The van der Waals surface area contributed by atoms with Gasteiger partial charge in [0.1, 0.15) is 17.5 Å². The molecule has 1 amide bonds. The molecule has 7 heteroatoms. The molecule has 36 heavy (non-hydrogen) atoms. The molecule has 0 saturated carbocycles. The lowest BCUT2D eigenvalue weighted by Crippen LogP contribution is -2.43. The fraction of sp³-hybridized carbons (Fsp3) is 0.345. The third-order valence-electron chi connectivity index (χ3n) is 7.40. The number of benzene rings is 2. The van der Waals surface area contributed by atoms with Crippen LogP contribution in [-0.4, -0.2) is 52.7 Å². The van der Waals surface area contributed by atoms with Crippen LogP contribution in [-0.2, 0) is 10.3 Å². The van der Waals surface area contributed by atoms with Gasteiger partial charge in [0.25, 0.3) is 5.91 Å². The molecule has 1 saturated heterocycles. The number of hydrogen-bond donors (Lipinski definition) is 0. The van der Waals surface area contributed by atoms with E-state index >= 15 is 0 Å². The second kappa shape index (κ2) is 10.3. The van der Waals surface area contributed by atoms with Gasteiger partial charge in [-0.05, 0) is 105 Å². The molecule has 5 rings (SSSR count). The van der Waals surface area contributed by atoms with Gasteiger partial charge in [-0.3, -0.25) is 14.7 Å². The first-order chi connectivity index (χ1) is 17.5. The Hall–Kier alpha value is -3.45. The van der Waals surface area contributed by atoms with Crippen molar-refractivity contribution in [2.75, 3.05) is 26.2 Å². The van der Waals surface area contributed by atoms with E-state index in [1.807, 2.05) is 19.3 Å². The van der Waals surface area contributed by atoms with Crippen LogP contribution in [0.25, 0.3) is 0 Å². The summed E-state index contributed by atoms with van der Waals surface area (Å²) in [6.07, 6.45) is 6.74. The number of aliphatic imine (C=N–C) groups is 1. The molecule has 186 valence electrons. The summed E-state index contributed by atoms with van der Waals surface area (Å²) in [4.78, 5) is 26.9. The molecule has 1 aromatic heterocycles. The lowest BCUT2D eigenvalue weighted by atomic mass is 9.82. The first-order valence-electron chi connectivity index (χ1n) is 12.5. The molecule has 2 aromatic carbocycles. The Bertz CT molecular complexity index is 1240. The molecule has 5 nitrogen and oxygen atoms in total. The second-order valence-corrected chi connectivity index (χ2v) is 9.59. The monoisotopic (exact) mass is 488 g/mol. The van der Waals surface area contributed by atoms with E-state index < -0.39 is 17.2 Å². The largest absolute Gasteiger partial charge is 0.303 e. The average Bonchev–Trinajstić information content (AvgIpc) is 3.16. The first-order valence-corrected chi connectivity index (χ1v) is 12.5. The number of aromatic nitrogens is 1. The number of likely N-dealkylation sites (tertiary alicyclic amines) is 1. The Morgan fingerprint density at radius 1 is 0.917 bits per heavy atom. The number of carbonyl (C=O) groups is 1. The zero-order chi connectivity index (χ0) is 25.1. The number of amidine groups is 1. The lowest BCUT2D eigenvalue weighted by molar-refractivity contribution is -0.130. The quantitative estimate of drug-likeness (QED) is 0.463. The Labute approximate surface area is 210 Å². The maximum absolute atomic E-state index is 14.2. The Morgan fingerprint density at radius 3 is 2.33 bits per heavy atom. The topological polar surface area (TPSA) is 48.8 Å². The highest BCUT2D eigenvalue weighted by molar-refractivity contribution is 6.09. The van der Waals surface area contributed by atoms with E-state index in [4.69, 9.17) is 4.99 Å². The standard InChI is InChI=1S/C29H30F2N4O/c1-21-33-29(24-6-8-26(30)9-7-24,25-4-2-5-27(31)20-25)28(36)35(21)17-3-16-34-18-12-23(13-19-34)22-10-14-32-15-11-22/h2,4-11,14-15,20,23H,3,12-13,16-19H2,1H3. The van der Waals surface area contributed by atoms with E-state index in [1.54, 1.807) is 29.2 Å². The predicted octanol–water partition coefficient (Wildman–Crippen LogP) is 5.13. The first kappa shape index (κ1) is 24.3. The third kappa shape index (κ3) is 4.67. The van der Waals surface area contributed by atoms with Crippen molar-refractivity contribution < 1.29 is 13.6 Å². The van der Waals surface area contributed by atoms with Crippen molar-refractivity contribution in [3.63, 3.8) is 0 Å². The van der Waals surface area contributed by atoms with Crippen molar-refractivity contribution in [3.05, 3.63) is 101 Å². The van der Waals surface area contributed by atoms with Crippen molar-refractivity contribution in [2.24, 2.45) is 4.99 Å². The van der Waals surface area contributed by atoms with Gasteiger partial charge in [-0.15, -0.1) is 0 Å². The lowest BCUT2D eigenvalue weighted by Gasteiger charge is -2.32. The smallest absolute Gasteiger partial charge is 0.265 e. The molecule has 0 radical (unpaired) electrons. The summed E-state index contributed by atoms with van der Waals surface area (Å²) in [6.45, 7) is 5.27. The van der Waals surface area contributed by atoms with Crippen LogP contribution >= 0.6 is 0 Å². The number of piperidine rings is 1. The third-order valence-corrected chi connectivity index (χ3v) is 7.40. The maximum atomic E-state index is 14.2. The molecule has 0 N–H and O–H groups in total. The Kier molecular flexibility index (Phi) is 6.92. The highest BCUT2D eigenvalue weighted by atomic mass is 19.1. The maximum Gasteiger partial charge on any atom is 0.265 e. The average molecular weight is 489 g/mol. The minimum Gasteiger partial charge on any atom is -0.303 e. The number of nitrogens with zero attached hydrogens (tertiary/aromatic N) is 4. The van der Waals surface area contributed by atoms with Gasteiger partial charge in [-0.1, -0.05) is 24.3 Å². The molecule has 0 spiro atoms. The van der Waals surface area contributed by atoms with E-state index in [-0.39, 0.29) is 5.91 Å². The molecular weight excluding hydrogens is 458 g/mol. The summed E-state index contributed by atoms with van der Waals surface area (Å²) in [5, 5.41) is 0. The van der Waals surface area contributed by atoms with Crippen molar-refractivity contribution in [2.45, 2.75) is 37.6 Å². The second-order valence-electron chi connectivity index (χ2n) is 9.59. The molecule has 2 aliphatic rings. The van der Waals surface area contributed by atoms with Gasteiger partial charge in [-0.2, -0.15) is 0 Å². The fourth-order valence-corrected chi connectivity index (χ4v) is 5.48. The molecule has 3 aromatic rings. The minimum atomic E-state index is -1.41. The number of carbonyl (C=O) groups excluding carboxylic acids is 1. The summed E-state index contributed by atoms with van der Waals surface area (Å²) in [7, 11) is 0. The van der Waals surface area contributed by atoms with E-state index in [2.05, 4.69) is 22.0 Å². The fourth-order valence-electron chi connectivity index (χ4n) is 5.48. The van der Waals surface area contributed by atoms with E-state index in [0.717, 1.165) is 38.9 Å². The molecule has 0 bridgehead atoms. The zero-order valence-electron chi connectivity index (χ0n) is 20.4. The van der Waals surface area contributed by atoms with Gasteiger partial charge in [0.2, 0.25) is 0 Å². The molecule has 1 atom stereocenters. The molecule has 0 aliphatic carbocycles. The van der Waals surface area contributed by atoms with Crippen LogP contribution in [0.2, 0.25) is 0 Å². The van der Waals surface area contributed by atoms with Crippen molar-refractivity contribution >= 4 is 11.7 Å². The summed E-state index contributed by atoms with van der Waals surface area (Å²) < 4.78 is 27.9. The molecule has 3 heterocycles. The van der Waals surface area contributed by atoms with Crippen LogP contribution in [0.1, 0.15) is 48.8 Å². The van der Waals surface area contributed by atoms with Crippen LogP contribution in [0.3, 0.4) is 0 Å². The summed E-state index contributed by atoms with van der Waals surface area (Å²) >= 11 is 0. The number of amides is 1. The summed E-state index contributed by atoms with van der Waals surface area (Å²) in [5.74, 6) is 0.0899. The van der Waals surface area contributed by atoms with Crippen molar-refractivity contribution in [1.82, 2.24) is 14.8 Å². The van der Waals surface area contributed by atoms with Crippen LogP contribution in [0.4, 0.5) is 8.78 Å². The van der Waals surface area contributed by atoms with Crippen molar-refractivity contribution in [1.29, 1.82) is 0 Å². The van der Waals surface area contributed by atoms with Gasteiger partial charge < -0.3 is 4.90 Å². The summed E-state index contributed by atoms with van der Waals surface area (Å²) in [5.41, 5.74) is 0.912. The number of pyridine rings is 1. The van der Waals surface area contributed by atoms with Crippen LogP contribution in [0.15, 0.2) is 78.0 Å². The molecule has 1 unspecified atom stereocenters. The Morgan fingerprint density at radius 2 is 1.64 bits per heavy atom. The van der Waals surface area contributed by atoms with Gasteiger partial charge in [0.05, 0.1) is 0 Å². The minimum absolute atomic E-state index is 0.228. The number of rotatable bonds is 7. The van der Waals surface area contributed by atoms with Gasteiger partial charge in [-0.25, -0.2) is 13.8 Å².